The molecule has 0 aromatic heterocycles. The first-order valence-electron chi connectivity index (χ1n) is 7.80. The van der Waals surface area contributed by atoms with Gasteiger partial charge in [-0.1, -0.05) is 13.3 Å². The van der Waals surface area contributed by atoms with Crippen LogP contribution in [0.15, 0.2) is 4.99 Å². The van der Waals surface area contributed by atoms with E-state index in [1.807, 2.05) is 11.8 Å². The Balaban J connectivity index is 1.85. The zero-order valence-corrected chi connectivity index (χ0v) is 13.9. The lowest BCUT2D eigenvalue weighted by Crippen LogP contribution is -2.47. The number of thioether (sulfide) groups is 1. The van der Waals surface area contributed by atoms with Gasteiger partial charge >= 0.3 is 0 Å². The van der Waals surface area contributed by atoms with Gasteiger partial charge in [0.15, 0.2) is 5.96 Å². The minimum atomic E-state index is 0.247. The van der Waals surface area contributed by atoms with Crippen molar-refractivity contribution in [3.05, 3.63) is 0 Å². The van der Waals surface area contributed by atoms with E-state index >= 15 is 0 Å². The molecule has 116 valence electrons. The van der Waals surface area contributed by atoms with E-state index in [2.05, 4.69) is 30.7 Å². The topological polar surface area (TPSA) is 45.7 Å². The fourth-order valence-corrected chi connectivity index (χ4v) is 3.64. The molecule has 1 aliphatic carbocycles. The molecule has 2 fully saturated rings. The van der Waals surface area contributed by atoms with Gasteiger partial charge in [0.1, 0.15) is 0 Å². The number of hydrogen-bond donors (Lipinski definition) is 2. The summed E-state index contributed by atoms with van der Waals surface area (Å²) in [5, 5.41) is 7.81. The molecular formula is C15H29N3OS. The third-order valence-electron chi connectivity index (χ3n) is 4.16. The van der Waals surface area contributed by atoms with Crippen LogP contribution in [0.25, 0.3) is 0 Å². The standard InChI is InChI=1S/C15H29N3OS/c1-4-16-14(17-9-15(2)10-19-11-15)18-12-6-5-7-13(8-12)20-3/h12-13H,4-11H2,1-3H3,(H2,16,17,18). The molecule has 4 nitrogen and oxygen atoms in total. The van der Waals surface area contributed by atoms with Crippen LogP contribution in [0, 0.1) is 5.41 Å². The predicted octanol–water partition coefficient (Wildman–Crippen LogP) is 2.25. The molecule has 2 N–H and O–H groups in total. The van der Waals surface area contributed by atoms with Crippen LogP contribution in [0.4, 0.5) is 0 Å². The molecule has 1 saturated heterocycles. The number of nitrogens with one attached hydrogen (secondary N) is 2. The number of nitrogens with zero attached hydrogens (tertiary/aromatic N) is 1. The monoisotopic (exact) mass is 299 g/mol. The van der Waals surface area contributed by atoms with E-state index in [9.17, 15) is 0 Å². The van der Waals surface area contributed by atoms with Crippen LogP contribution in [0.3, 0.4) is 0 Å². The zero-order chi connectivity index (χ0) is 14.4. The van der Waals surface area contributed by atoms with Crippen LogP contribution in [0.1, 0.15) is 39.5 Å². The predicted molar refractivity (Wildman–Crippen MR) is 87.6 cm³/mol. The molecule has 2 aliphatic rings. The van der Waals surface area contributed by atoms with Crippen LogP contribution < -0.4 is 10.6 Å². The maximum atomic E-state index is 5.30. The quantitative estimate of drug-likeness (QED) is 0.604. The molecule has 1 aliphatic heterocycles. The van der Waals surface area contributed by atoms with Crippen molar-refractivity contribution in [3.8, 4) is 0 Å². The van der Waals surface area contributed by atoms with Gasteiger partial charge < -0.3 is 15.4 Å². The molecule has 1 saturated carbocycles. The molecule has 20 heavy (non-hydrogen) atoms. The highest BCUT2D eigenvalue weighted by Gasteiger charge is 2.33. The first kappa shape index (κ1) is 16.0. The Morgan fingerprint density at radius 3 is 2.80 bits per heavy atom. The first-order chi connectivity index (χ1) is 9.65. The van der Waals surface area contributed by atoms with E-state index in [-0.39, 0.29) is 5.41 Å². The molecule has 1 heterocycles. The van der Waals surface area contributed by atoms with Crippen LogP contribution >= 0.6 is 11.8 Å². The van der Waals surface area contributed by atoms with E-state index in [4.69, 9.17) is 9.73 Å². The van der Waals surface area contributed by atoms with Gasteiger partial charge in [0, 0.05) is 23.3 Å². The molecule has 2 atom stereocenters. The minimum absolute atomic E-state index is 0.247. The van der Waals surface area contributed by atoms with Gasteiger partial charge in [0.25, 0.3) is 0 Å². The minimum Gasteiger partial charge on any atom is -0.380 e. The Hall–Kier alpha value is -0.420. The second-order valence-corrected chi connectivity index (χ2v) is 7.50. The van der Waals surface area contributed by atoms with Crippen LogP contribution in [0.2, 0.25) is 0 Å². The van der Waals surface area contributed by atoms with Crippen molar-refractivity contribution in [1.29, 1.82) is 0 Å². The lowest BCUT2D eigenvalue weighted by atomic mass is 9.89. The summed E-state index contributed by atoms with van der Waals surface area (Å²) in [6.45, 7) is 7.81. The molecule has 0 amide bonds. The Kier molecular flexibility index (Phi) is 6.02. The van der Waals surface area contributed by atoms with Gasteiger partial charge in [0.05, 0.1) is 19.8 Å². The van der Waals surface area contributed by atoms with Crippen molar-refractivity contribution in [1.82, 2.24) is 10.6 Å². The van der Waals surface area contributed by atoms with Gasteiger partial charge in [-0.25, -0.2) is 0 Å². The van der Waals surface area contributed by atoms with Crippen molar-refractivity contribution in [3.63, 3.8) is 0 Å². The maximum Gasteiger partial charge on any atom is 0.191 e. The zero-order valence-electron chi connectivity index (χ0n) is 13.1. The summed E-state index contributed by atoms with van der Waals surface area (Å²) < 4.78 is 5.30. The second-order valence-electron chi connectivity index (χ2n) is 6.36. The van der Waals surface area contributed by atoms with Gasteiger partial charge in [-0.15, -0.1) is 0 Å². The summed E-state index contributed by atoms with van der Waals surface area (Å²) in [7, 11) is 0. The van der Waals surface area contributed by atoms with Crippen LogP contribution in [0.5, 0.6) is 0 Å². The van der Waals surface area contributed by atoms with Gasteiger partial charge in [-0.2, -0.15) is 11.8 Å². The summed E-state index contributed by atoms with van der Waals surface area (Å²) >= 11 is 2.00. The molecule has 0 aromatic carbocycles. The van der Waals surface area contributed by atoms with Crippen molar-refractivity contribution in [2.45, 2.75) is 50.8 Å². The highest BCUT2D eigenvalue weighted by molar-refractivity contribution is 7.99. The van der Waals surface area contributed by atoms with E-state index in [0.29, 0.717) is 6.04 Å². The second kappa shape index (κ2) is 7.55. The summed E-state index contributed by atoms with van der Waals surface area (Å²) in [6.07, 6.45) is 7.44. The largest absolute Gasteiger partial charge is 0.380 e. The fraction of sp³-hybridized carbons (Fsp3) is 0.933. The normalized spacial score (nSPS) is 29.6. The smallest absolute Gasteiger partial charge is 0.191 e. The Morgan fingerprint density at radius 1 is 1.40 bits per heavy atom. The SMILES string of the molecule is CCNC(=NCC1(C)COC1)NC1CCCC(SC)C1. The van der Waals surface area contributed by atoms with Crippen molar-refractivity contribution in [2.24, 2.45) is 10.4 Å². The van der Waals surface area contributed by atoms with Crippen LogP contribution in [-0.4, -0.2) is 49.8 Å². The number of aliphatic imine (C=N–C) groups is 1. The van der Waals surface area contributed by atoms with Crippen LogP contribution in [-0.2, 0) is 4.74 Å². The average Bonchev–Trinajstić information content (AvgIpc) is 2.43. The molecule has 0 bridgehead atoms. The molecule has 0 radical (unpaired) electrons. The highest BCUT2D eigenvalue weighted by Crippen LogP contribution is 2.28. The summed E-state index contributed by atoms with van der Waals surface area (Å²) in [5.41, 5.74) is 0.247. The molecule has 2 unspecified atom stereocenters. The summed E-state index contributed by atoms with van der Waals surface area (Å²) in [4.78, 5) is 4.76. The fourth-order valence-electron chi connectivity index (χ4n) is 2.82. The third-order valence-corrected chi connectivity index (χ3v) is 5.26. The highest BCUT2D eigenvalue weighted by atomic mass is 32.2. The van der Waals surface area contributed by atoms with Gasteiger partial charge in [-0.3, -0.25) is 4.99 Å². The van der Waals surface area contributed by atoms with E-state index in [0.717, 1.165) is 37.5 Å². The van der Waals surface area contributed by atoms with Crippen molar-refractivity contribution < 1.29 is 4.74 Å². The van der Waals surface area contributed by atoms with Crippen molar-refractivity contribution in [2.75, 3.05) is 32.6 Å². The van der Waals surface area contributed by atoms with Gasteiger partial charge in [0.2, 0.25) is 0 Å². The van der Waals surface area contributed by atoms with Gasteiger partial charge in [-0.05, 0) is 32.4 Å². The lowest BCUT2D eigenvalue weighted by molar-refractivity contribution is -0.0945. The third kappa shape index (κ3) is 4.55. The molecule has 0 spiro atoms. The number of ether oxygens (including phenoxy) is 1. The Bertz CT molecular complexity index is 331. The lowest BCUT2D eigenvalue weighted by Gasteiger charge is -2.37. The Morgan fingerprint density at radius 2 is 2.20 bits per heavy atom. The average molecular weight is 299 g/mol. The summed E-state index contributed by atoms with van der Waals surface area (Å²) in [5.74, 6) is 0.979. The number of rotatable bonds is 5. The molecule has 5 heteroatoms. The van der Waals surface area contributed by atoms with E-state index in [1.54, 1.807) is 0 Å². The number of guanidine groups is 1. The number of hydrogen-bond acceptors (Lipinski definition) is 3. The van der Waals surface area contributed by atoms with Crippen molar-refractivity contribution >= 4 is 17.7 Å². The maximum absolute atomic E-state index is 5.30. The molecule has 0 aromatic rings. The Labute approximate surface area is 127 Å². The molecule has 2 rings (SSSR count). The van der Waals surface area contributed by atoms with E-state index in [1.165, 1.54) is 25.7 Å². The van der Waals surface area contributed by atoms with E-state index < -0.39 is 0 Å². The molecular weight excluding hydrogens is 270 g/mol. The summed E-state index contributed by atoms with van der Waals surface area (Å²) in [6, 6.07) is 0.574. The first-order valence-corrected chi connectivity index (χ1v) is 9.09.